The molecule has 2 rings (SSSR count). The van der Waals surface area contributed by atoms with Gasteiger partial charge in [-0.3, -0.25) is 0 Å². The minimum absolute atomic E-state index is 0.413. The van der Waals surface area contributed by atoms with Gasteiger partial charge in [-0.15, -0.1) is 5.10 Å². The number of nitrogens with zero attached hydrogens (tertiary/aromatic N) is 4. The Hall–Kier alpha value is -2.04. The monoisotopic (exact) mass is 661 g/mol. The van der Waals surface area contributed by atoms with Crippen LogP contribution in [0.1, 0.15) is 121 Å². The second-order valence-corrected chi connectivity index (χ2v) is 12.9. The van der Waals surface area contributed by atoms with Crippen molar-refractivity contribution >= 4 is 0 Å². The molecule has 1 heterocycles. The molecule has 1 aromatic carbocycles. The van der Waals surface area contributed by atoms with Gasteiger partial charge < -0.3 is 28.6 Å². The number of likely N-dealkylation sites (N-methyl/N-ethyl adjacent to an activating group) is 1. The molecule has 0 spiro atoms. The Kier molecular flexibility index (Phi) is 26.3. The van der Waals surface area contributed by atoms with Crippen molar-refractivity contribution in [2.45, 2.75) is 123 Å². The predicted octanol–water partition coefficient (Wildman–Crippen LogP) is 8.09. The lowest BCUT2D eigenvalue weighted by molar-refractivity contribution is -0.00542. The zero-order valence-corrected chi connectivity index (χ0v) is 30.3. The average molecular weight is 661 g/mol. The van der Waals surface area contributed by atoms with E-state index < -0.39 is 0 Å². The molecule has 1 aromatic heterocycles. The van der Waals surface area contributed by atoms with Crippen molar-refractivity contribution in [2.24, 2.45) is 0 Å². The van der Waals surface area contributed by atoms with Gasteiger partial charge in [-0.1, -0.05) is 121 Å². The van der Waals surface area contributed by atoms with Gasteiger partial charge in [0.2, 0.25) is 0 Å². The van der Waals surface area contributed by atoms with Gasteiger partial charge >= 0.3 is 0 Å². The van der Waals surface area contributed by atoms with Crippen LogP contribution in [-0.2, 0) is 32.1 Å². The van der Waals surface area contributed by atoms with Crippen LogP contribution in [0, 0.1) is 0 Å². The number of hydrogen-bond acceptors (Lipinski definition) is 8. The first kappa shape index (κ1) is 41.1. The van der Waals surface area contributed by atoms with E-state index in [-0.39, 0.29) is 0 Å². The lowest BCUT2D eigenvalue weighted by Gasteiger charge is -2.10. The molecule has 0 aliphatic heterocycles. The largest absolute Gasteiger partial charge is 0.494 e. The second kappa shape index (κ2) is 30.1. The molecule has 0 amide bonds. The average Bonchev–Trinajstić information content (AvgIpc) is 3.52. The summed E-state index contributed by atoms with van der Waals surface area (Å²) in [6, 6.07) is 8.29. The maximum atomic E-state index is 5.98. The Balaban J connectivity index is 1.38. The van der Waals surface area contributed by atoms with Gasteiger partial charge in [0, 0.05) is 6.54 Å². The van der Waals surface area contributed by atoms with Gasteiger partial charge in [0.05, 0.1) is 72.2 Å². The van der Waals surface area contributed by atoms with Gasteiger partial charge in [0.15, 0.2) is 0 Å². The highest BCUT2D eigenvalue weighted by Crippen LogP contribution is 2.16. The number of rotatable bonds is 34. The molecule has 0 atom stereocenters. The van der Waals surface area contributed by atoms with Gasteiger partial charge in [0.1, 0.15) is 11.4 Å². The van der Waals surface area contributed by atoms with Gasteiger partial charge in [-0.2, -0.15) is 0 Å². The molecule has 0 bridgehead atoms. The van der Waals surface area contributed by atoms with E-state index in [1.165, 1.54) is 96.3 Å². The lowest BCUT2D eigenvalue weighted by atomic mass is 10.0. The van der Waals surface area contributed by atoms with Gasteiger partial charge in [-0.05, 0) is 38.2 Å². The first-order valence-corrected chi connectivity index (χ1v) is 18.7. The fraction of sp³-hybridized carbons (Fsp3) is 0.789. The first-order chi connectivity index (χ1) is 23.2. The topological polar surface area (TPSA) is 80.1 Å². The van der Waals surface area contributed by atoms with E-state index in [4.69, 9.17) is 23.7 Å². The molecule has 270 valence electrons. The van der Waals surface area contributed by atoms with Gasteiger partial charge in [-0.25, -0.2) is 4.68 Å². The van der Waals surface area contributed by atoms with E-state index in [0.717, 1.165) is 43.2 Å². The van der Waals surface area contributed by atoms with Gasteiger partial charge in [0.25, 0.3) is 0 Å². The first-order valence-electron chi connectivity index (χ1n) is 18.7. The molecule has 9 heteroatoms. The van der Waals surface area contributed by atoms with Crippen LogP contribution in [-0.4, -0.2) is 93.4 Å². The van der Waals surface area contributed by atoms with E-state index >= 15 is 0 Å². The van der Waals surface area contributed by atoms with E-state index in [1.54, 1.807) is 0 Å². The number of ether oxygens (including phenoxy) is 5. The SMILES string of the molecule is CCCCCCCCCCCCCCCCCCOc1ccc(Cn2cc(COCCOCCOCCOCCN(C)C)nn2)cc1. The highest BCUT2D eigenvalue weighted by atomic mass is 16.6. The molecule has 0 unspecified atom stereocenters. The van der Waals surface area contributed by atoms with Crippen molar-refractivity contribution in [3.63, 3.8) is 0 Å². The van der Waals surface area contributed by atoms with Crippen LogP contribution in [0.5, 0.6) is 5.75 Å². The van der Waals surface area contributed by atoms with Crippen LogP contribution in [0.25, 0.3) is 0 Å². The summed E-state index contributed by atoms with van der Waals surface area (Å²) in [6.07, 6.45) is 24.1. The summed E-state index contributed by atoms with van der Waals surface area (Å²) in [4.78, 5) is 2.09. The third kappa shape index (κ3) is 24.7. The summed E-state index contributed by atoms with van der Waals surface area (Å²) >= 11 is 0. The van der Waals surface area contributed by atoms with E-state index in [1.807, 2.05) is 37.1 Å². The van der Waals surface area contributed by atoms with Crippen molar-refractivity contribution in [3.05, 3.63) is 41.7 Å². The zero-order chi connectivity index (χ0) is 33.5. The Bertz CT molecular complexity index is 940. The summed E-state index contributed by atoms with van der Waals surface area (Å²) in [6.45, 7) is 9.10. The fourth-order valence-corrected chi connectivity index (χ4v) is 5.28. The lowest BCUT2D eigenvalue weighted by Crippen LogP contribution is -2.19. The molecular weight excluding hydrogens is 592 g/mol. The number of hydrogen-bond donors (Lipinski definition) is 0. The summed E-state index contributed by atoms with van der Waals surface area (Å²) in [7, 11) is 4.06. The second-order valence-electron chi connectivity index (χ2n) is 12.9. The normalized spacial score (nSPS) is 11.6. The molecular formula is C38H68N4O5. The molecule has 0 fully saturated rings. The molecule has 0 saturated carbocycles. The highest BCUT2D eigenvalue weighted by Gasteiger charge is 2.04. The Morgan fingerprint density at radius 2 is 1.06 bits per heavy atom. The van der Waals surface area contributed by atoms with Crippen LogP contribution in [0.2, 0.25) is 0 Å². The molecule has 0 N–H and O–H groups in total. The van der Waals surface area contributed by atoms with Crippen molar-refractivity contribution in [1.82, 2.24) is 19.9 Å². The Morgan fingerprint density at radius 1 is 0.574 bits per heavy atom. The van der Waals surface area contributed by atoms with Crippen LogP contribution in [0.15, 0.2) is 30.5 Å². The number of aromatic nitrogens is 3. The predicted molar refractivity (Wildman–Crippen MR) is 191 cm³/mol. The Labute approximate surface area is 287 Å². The molecule has 0 aliphatic rings. The van der Waals surface area contributed by atoms with Crippen LogP contribution < -0.4 is 4.74 Å². The van der Waals surface area contributed by atoms with Crippen LogP contribution >= 0.6 is 0 Å². The summed E-state index contributed by atoms with van der Waals surface area (Å²) in [5, 5.41) is 8.46. The number of unbranched alkanes of at least 4 members (excludes halogenated alkanes) is 15. The Morgan fingerprint density at radius 3 is 1.60 bits per heavy atom. The van der Waals surface area contributed by atoms with E-state index in [2.05, 4.69) is 34.3 Å². The third-order valence-electron chi connectivity index (χ3n) is 8.17. The van der Waals surface area contributed by atoms with Crippen LogP contribution in [0.4, 0.5) is 0 Å². The molecule has 0 radical (unpaired) electrons. The minimum Gasteiger partial charge on any atom is -0.494 e. The summed E-state index contributed by atoms with van der Waals surface area (Å²) < 4.78 is 30.0. The van der Waals surface area contributed by atoms with E-state index in [0.29, 0.717) is 52.8 Å². The molecule has 9 nitrogen and oxygen atoms in total. The molecule has 0 aliphatic carbocycles. The quantitative estimate of drug-likeness (QED) is 0.0697. The third-order valence-corrected chi connectivity index (χ3v) is 8.17. The summed E-state index contributed by atoms with van der Waals surface area (Å²) in [5.41, 5.74) is 1.97. The maximum Gasteiger partial charge on any atom is 0.119 e. The summed E-state index contributed by atoms with van der Waals surface area (Å²) in [5.74, 6) is 0.931. The minimum atomic E-state index is 0.413. The highest BCUT2D eigenvalue weighted by molar-refractivity contribution is 5.27. The van der Waals surface area contributed by atoms with Crippen molar-refractivity contribution in [2.75, 3.05) is 73.5 Å². The maximum absolute atomic E-state index is 5.98. The van der Waals surface area contributed by atoms with Crippen molar-refractivity contribution in [1.29, 1.82) is 0 Å². The number of benzene rings is 1. The molecule has 47 heavy (non-hydrogen) atoms. The standard InChI is InChI=1S/C38H68N4O5/c1-4-5-6-7-8-9-10-11-12-13-14-15-16-17-18-19-25-47-38-22-20-36(21-23-38)33-42-34-37(39-40-42)35-46-32-31-45-30-29-44-28-27-43-26-24-41(2)3/h20-23,34H,4-19,24-33,35H2,1-3H3. The van der Waals surface area contributed by atoms with E-state index in [9.17, 15) is 0 Å². The zero-order valence-electron chi connectivity index (χ0n) is 30.3. The van der Waals surface area contributed by atoms with Crippen molar-refractivity contribution < 1.29 is 23.7 Å². The van der Waals surface area contributed by atoms with Crippen molar-refractivity contribution in [3.8, 4) is 5.75 Å². The fourth-order valence-electron chi connectivity index (χ4n) is 5.28. The molecule has 0 saturated heterocycles. The van der Waals surface area contributed by atoms with Crippen LogP contribution in [0.3, 0.4) is 0 Å². The smallest absolute Gasteiger partial charge is 0.119 e. The molecule has 2 aromatic rings.